The zero-order valence-corrected chi connectivity index (χ0v) is 17.0. The quantitative estimate of drug-likeness (QED) is 0.526. The zero-order valence-electron chi connectivity index (χ0n) is 15.3. The van der Waals surface area contributed by atoms with Gasteiger partial charge in [0.25, 0.3) is 0 Å². The lowest BCUT2D eigenvalue weighted by atomic mass is 10.2. The SMILES string of the molecule is CNc1ccc(S(=O)(=O)Cc2csc(NC(=O)NCc3cccc(F)c3)n2)cn1. The highest BCUT2D eigenvalue weighted by molar-refractivity contribution is 7.90. The predicted molar refractivity (Wildman–Crippen MR) is 109 cm³/mol. The van der Waals surface area contributed by atoms with E-state index in [1.807, 2.05) is 0 Å². The zero-order chi connectivity index (χ0) is 20.9. The minimum atomic E-state index is -3.61. The van der Waals surface area contributed by atoms with E-state index in [1.165, 1.54) is 24.4 Å². The first-order valence-electron chi connectivity index (χ1n) is 8.46. The van der Waals surface area contributed by atoms with Gasteiger partial charge >= 0.3 is 6.03 Å². The molecule has 0 unspecified atom stereocenters. The average Bonchev–Trinajstić information content (AvgIpc) is 3.12. The topological polar surface area (TPSA) is 113 Å². The van der Waals surface area contributed by atoms with Crippen LogP contribution in [0, 0.1) is 5.82 Å². The Bertz CT molecular complexity index is 1100. The second kappa shape index (κ2) is 8.97. The molecular weight excluding hydrogens is 417 g/mol. The van der Waals surface area contributed by atoms with Gasteiger partial charge < -0.3 is 10.6 Å². The summed E-state index contributed by atoms with van der Waals surface area (Å²) in [5, 5.41) is 9.77. The van der Waals surface area contributed by atoms with Crippen molar-refractivity contribution in [2.24, 2.45) is 0 Å². The van der Waals surface area contributed by atoms with Gasteiger partial charge in [0, 0.05) is 25.2 Å². The highest BCUT2D eigenvalue weighted by atomic mass is 32.2. The van der Waals surface area contributed by atoms with Crippen LogP contribution in [-0.4, -0.2) is 31.5 Å². The first-order valence-corrected chi connectivity index (χ1v) is 11.0. The number of pyridine rings is 1. The molecule has 0 saturated carbocycles. The summed E-state index contributed by atoms with van der Waals surface area (Å²) in [6.07, 6.45) is 1.28. The fourth-order valence-corrected chi connectivity index (χ4v) is 4.39. The number of thiazole rings is 1. The van der Waals surface area contributed by atoms with Crippen LogP contribution < -0.4 is 16.0 Å². The molecule has 0 fully saturated rings. The highest BCUT2D eigenvalue weighted by Gasteiger charge is 2.18. The number of aromatic nitrogens is 2. The summed E-state index contributed by atoms with van der Waals surface area (Å²) in [5.74, 6) is -0.129. The second-order valence-corrected chi connectivity index (χ2v) is 8.82. The van der Waals surface area contributed by atoms with Crippen molar-refractivity contribution >= 4 is 38.2 Å². The van der Waals surface area contributed by atoms with Gasteiger partial charge in [-0.3, -0.25) is 5.32 Å². The molecule has 1 aromatic carbocycles. The van der Waals surface area contributed by atoms with E-state index in [9.17, 15) is 17.6 Å². The highest BCUT2D eigenvalue weighted by Crippen LogP contribution is 2.21. The van der Waals surface area contributed by atoms with Crippen molar-refractivity contribution in [3.05, 3.63) is 65.0 Å². The minimum absolute atomic E-state index is 0.0897. The Hall–Kier alpha value is -3.05. The number of carbonyl (C=O) groups is 1. The number of amides is 2. The molecule has 0 atom stereocenters. The van der Waals surface area contributed by atoms with E-state index in [2.05, 4.69) is 25.9 Å². The number of halogens is 1. The van der Waals surface area contributed by atoms with Gasteiger partial charge in [0.1, 0.15) is 11.6 Å². The van der Waals surface area contributed by atoms with Crippen LogP contribution in [0.25, 0.3) is 0 Å². The average molecular weight is 436 g/mol. The molecular formula is C18H18FN5O3S2. The van der Waals surface area contributed by atoms with E-state index in [-0.39, 0.29) is 28.1 Å². The Morgan fingerprint density at radius 3 is 2.76 bits per heavy atom. The van der Waals surface area contributed by atoms with Gasteiger partial charge in [-0.2, -0.15) is 0 Å². The lowest BCUT2D eigenvalue weighted by molar-refractivity contribution is 0.251. The van der Waals surface area contributed by atoms with Crippen molar-refractivity contribution in [1.82, 2.24) is 15.3 Å². The molecule has 3 aromatic rings. The first-order chi connectivity index (χ1) is 13.9. The van der Waals surface area contributed by atoms with Crippen molar-refractivity contribution in [3.8, 4) is 0 Å². The summed E-state index contributed by atoms with van der Waals surface area (Å²) in [4.78, 5) is 20.2. The molecule has 29 heavy (non-hydrogen) atoms. The summed E-state index contributed by atoms with van der Waals surface area (Å²) < 4.78 is 38.1. The summed E-state index contributed by atoms with van der Waals surface area (Å²) in [6.45, 7) is 0.145. The van der Waals surface area contributed by atoms with Gasteiger partial charge in [-0.1, -0.05) is 12.1 Å². The van der Waals surface area contributed by atoms with Crippen molar-refractivity contribution < 1.29 is 17.6 Å². The molecule has 0 aliphatic heterocycles. The van der Waals surface area contributed by atoms with E-state index in [1.54, 1.807) is 30.6 Å². The first kappa shape index (κ1) is 20.7. The normalized spacial score (nSPS) is 11.1. The fraction of sp³-hybridized carbons (Fsp3) is 0.167. The monoisotopic (exact) mass is 435 g/mol. The molecule has 8 nitrogen and oxygen atoms in total. The van der Waals surface area contributed by atoms with E-state index < -0.39 is 15.9 Å². The molecule has 2 amide bonds. The van der Waals surface area contributed by atoms with Crippen LogP contribution in [0.15, 0.2) is 52.9 Å². The minimum Gasteiger partial charge on any atom is -0.373 e. The maximum absolute atomic E-state index is 13.1. The predicted octanol–water partition coefficient (Wildman–Crippen LogP) is 3.01. The van der Waals surface area contributed by atoms with Crippen LogP contribution in [-0.2, 0) is 22.1 Å². The Balaban J connectivity index is 1.57. The molecule has 0 aliphatic rings. The summed E-state index contributed by atoms with van der Waals surface area (Å²) >= 11 is 1.11. The number of hydrogen-bond donors (Lipinski definition) is 3. The van der Waals surface area contributed by atoms with Crippen LogP contribution >= 0.6 is 11.3 Å². The summed E-state index contributed by atoms with van der Waals surface area (Å²) in [7, 11) is -1.92. The molecule has 0 bridgehead atoms. The maximum atomic E-state index is 13.1. The van der Waals surface area contributed by atoms with Gasteiger partial charge in [-0.15, -0.1) is 11.3 Å². The van der Waals surface area contributed by atoms with Crippen molar-refractivity contribution in [3.63, 3.8) is 0 Å². The van der Waals surface area contributed by atoms with E-state index >= 15 is 0 Å². The molecule has 3 rings (SSSR count). The van der Waals surface area contributed by atoms with Crippen LogP contribution in [0.4, 0.5) is 20.1 Å². The Labute approximate surface area is 171 Å². The van der Waals surface area contributed by atoms with Gasteiger partial charge in [-0.25, -0.2) is 27.6 Å². The molecule has 0 radical (unpaired) electrons. The van der Waals surface area contributed by atoms with Crippen LogP contribution in [0.2, 0.25) is 0 Å². The van der Waals surface area contributed by atoms with Gasteiger partial charge in [-0.05, 0) is 29.8 Å². The van der Waals surface area contributed by atoms with Crippen LogP contribution in [0.1, 0.15) is 11.3 Å². The number of rotatable bonds is 7. The van der Waals surface area contributed by atoms with Gasteiger partial charge in [0.05, 0.1) is 16.3 Å². The standard InChI is InChI=1S/C18H18FN5O3S2/c1-20-16-6-5-15(9-21-16)29(26,27)11-14-10-28-18(23-14)24-17(25)22-8-12-3-2-4-13(19)7-12/h2-7,9-10H,8,11H2,1H3,(H,20,21)(H2,22,23,24,25). The summed E-state index contributed by atoms with van der Waals surface area (Å²) in [5.41, 5.74) is 0.928. The molecule has 2 heterocycles. The number of sulfone groups is 1. The number of hydrogen-bond acceptors (Lipinski definition) is 7. The molecule has 11 heteroatoms. The molecule has 2 aromatic heterocycles. The molecule has 0 spiro atoms. The van der Waals surface area contributed by atoms with E-state index in [4.69, 9.17) is 0 Å². The van der Waals surface area contributed by atoms with Gasteiger partial charge in [0.2, 0.25) is 0 Å². The lowest BCUT2D eigenvalue weighted by Crippen LogP contribution is -2.28. The smallest absolute Gasteiger partial charge is 0.321 e. The van der Waals surface area contributed by atoms with E-state index in [0.29, 0.717) is 17.1 Å². The maximum Gasteiger partial charge on any atom is 0.321 e. The molecule has 0 saturated heterocycles. The lowest BCUT2D eigenvalue weighted by Gasteiger charge is -2.06. The number of nitrogens with zero attached hydrogens (tertiary/aromatic N) is 2. The van der Waals surface area contributed by atoms with Crippen molar-refractivity contribution in [2.75, 3.05) is 17.7 Å². The second-order valence-electron chi connectivity index (χ2n) is 5.97. The van der Waals surface area contributed by atoms with Crippen molar-refractivity contribution in [1.29, 1.82) is 0 Å². The fourth-order valence-electron chi connectivity index (χ4n) is 2.39. The van der Waals surface area contributed by atoms with Crippen LogP contribution in [0.3, 0.4) is 0 Å². The Kier molecular flexibility index (Phi) is 6.39. The third-order valence-corrected chi connectivity index (χ3v) is 6.25. The van der Waals surface area contributed by atoms with E-state index in [0.717, 1.165) is 11.3 Å². The number of anilines is 2. The number of nitrogens with one attached hydrogen (secondary N) is 3. The number of urea groups is 1. The molecule has 3 N–H and O–H groups in total. The van der Waals surface area contributed by atoms with Crippen molar-refractivity contribution in [2.45, 2.75) is 17.2 Å². The molecule has 152 valence electrons. The molecule has 0 aliphatic carbocycles. The third-order valence-electron chi connectivity index (χ3n) is 3.80. The Morgan fingerprint density at radius 1 is 1.24 bits per heavy atom. The number of carbonyl (C=O) groups excluding carboxylic acids is 1. The Morgan fingerprint density at radius 2 is 2.07 bits per heavy atom. The van der Waals surface area contributed by atoms with Gasteiger partial charge in [0.15, 0.2) is 15.0 Å². The largest absolute Gasteiger partial charge is 0.373 e. The summed E-state index contributed by atoms with van der Waals surface area (Å²) in [6, 6.07) is 8.41. The third kappa shape index (κ3) is 5.72. The van der Waals surface area contributed by atoms with Crippen LogP contribution in [0.5, 0.6) is 0 Å². The number of benzene rings is 1.